The molecule has 374 valence electrons. The van der Waals surface area contributed by atoms with Crippen molar-refractivity contribution in [1.82, 2.24) is 5.32 Å². The van der Waals surface area contributed by atoms with E-state index in [1.165, 1.54) is 283 Å². The molecule has 2 unspecified atom stereocenters. The predicted octanol–water partition coefficient (Wildman–Crippen LogP) is 19.1. The first-order valence-electron chi connectivity index (χ1n) is 29.1. The number of aliphatic hydroxyl groups excluding tert-OH is 2. The zero-order valence-electron chi connectivity index (χ0n) is 43.1. The van der Waals surface area contributed by atoms with Gasteiger partial charge in [-0.05, 0) is 44.9 Å². The summed E-state index contributed by atoms with van der Waals surface area (Å²) >= 11 is 0. The smallest absolute Gasteiger partial charge is 0.220 e. The van der Waals surface area contributed by atoms with E-state index in [-0.39, 0.29) is 12.5 Å². The van der Waals surface area contributed by atoms with E-state index in [1.54, 1.807) is 6.08 Å². The van der Waals surface area contributed by atoms with Crippen molar-refractivity contribution in [3.8, 4) is 0 Å². The Morgan fingerprint density at radius 2 is 0.603 bits per heavy atom. The Kier molecular flexibility index (Phi) is 54.2. The summed E-state index contributed by atoms with van der Waals surface area (Å²) in [5, 5.41) is 23.2. The molecule has 0 aromatic heterocycles. The maximum Gasteiger partial charge on any atom is 0.220 e. The number of hydrogen-bond donors (Lipinski definition) is 3. The van der Waals surface area contributed by atoms with Crippen LogP contribution in [0.1, 0.15) is 328 Å². The van der Waals surface area contributed by atoms with Gasteiger partial charge < -0.3 is 15.5 Å². The summed E-state index contributed by atoms with van der Waals surface area (Å²) in [4.78, 5) is 12.5. The average Bonchev–Trinajstić information content (AvgIpc) is 3.29. The Balaban J connectivity index is 3.44. The van der Waals surface area contributed by atoms with Crippen molar-refractivity contribution in [3.63, 3.8) is 0 Å². The van der Waals surface area contributed by atoms with Crippen molar-refractivity contribution >= 4 is 5.91 Å². The predicted molar refractivity (Wildman–Crippen MR) is 281 cm³/mol. The fraction of sp³-hybridized carbons (Fsp3) is 0.915. The van der Waals surface area contributed by atoms with Gasteiger partial charge in [0.2, 0.25) is 5.91 Å². The fourth-order valence-electron chi connectivity index (χ4n) is 9.24. The Labute approximate surface area is 396 Å². The minimum Gasteiger partial charge on any atom is -0.394 e. The molecule has 0 bridgehead atoms. The second-order valence-corrected chi connectivity index (χ2v) is 20.1. The number of aliphatic hydroxyl groups is 2. The molecule has 1 amide bonds. The molecule has 0 heterocycles. The molecule has 0 radical (unpaired) electrons. The molecule has 0 saturated heterocycles. The van der Waals surface area contributed by atoms with Gasteiger partial charge in [-0.3, -0.25) is 4.79 Å². The highest BCUT2D eigenvalue weighted by atomic mass is 16.3. The summed E-state index contributed by atoms with van der Waals surface area (Å²) < 4.78 is 0. The van der Waals surface area contributed by atoms with Gasteiger partial charge in [-0.1, -0.05) is 301 Å². The number of carbonyl (C=O) groups excluding carboxylic acids is 1. The van der Waals surface area contributed by atoms with Crippen LogP contribution in [0.15, 0.2) is 24.3 Å². The summed E-state index contributed by atoms with van der Waals surface area (Å²) in [6.45, 7) is 4.35. The van der Waals surface area contributed by atoms with Gasteiger partial charge >= 0.3 is 0 Å². The topological polar surface area (TPSA) is 69.6 Å². The van der Waals surface area contributed by atoms with E-state index in [1.807, 2.05) is 6.08 Å². The van der Waals surface area contributed by atoms with Gasteiger partial charge in [0, 0.05) is 6.42 Å². The van der Waals surface area contributed by atoms with Crippen LogP contribution >= 0.6 is 0 Å². The number of hydrogen-bond acceptors (Lipinski definition) is 3. The van der Waals surface area contributed by atoms with E-state index >= 15 is 0 Å². The van der Waals surface area contributed by atoms with E-state index in [0.717, 1.165) is 25.7 Å². The van der Waals surface area contributed by atoms with Crippen LogP contribution in [0.5, 0.6) is 0 Å². The molecule has 2 atom stereocenters. The van der Waals surface area contributed by atoms with E-state index in [9.17, 15) is 15.0 Å². The quantitative estimate of drug-likeness (QED) is 0.0421. The molecule has 0 aliphatic carbocycles. The first kappa shape index (κ1) is 61.9. The van der Waals surface area contributed by atoms with Crippen LogP contribution in [0.25, 0.3) is 0 Å². The number of nitrogens with one attached hydrogen (secondary N) is 1. The van der Waals surface area contributed by atoms with Crippen molar-refractivity contribution in [2.24, 2.45) is 0 Å². The molecular formula is C59H115NO3. The van der Waals surface area contributed by atoms with Crippen molar-refractivity contribution < 1.29 is 15.0 Å². The van der Waals surface area contributed by atoms with Gasteiger partial charge in [-0.25, -0.2) is 0 Å². The molecule has 4 heteroatoms. The summed E-state index contributed by atoms with van der Waals surface area (Å²) in [6, 6.07) is -0.620. The van der Waals surface area contributed by atoms with Crippen LogP contribution in [0.2, 0.25) is 0 Å². The maximum absolute atomic E-state index is 12.5. The third-order valence-corrected chi connectivity index (χ3v) is 13.7. The molecule has 0 aliphatic heterocycles. The maximum atomic E-state index is 12.5. The van der Waals surface area contributed by atoms with Crippen LogP contribution in [-0.2, 0) is 4.79 Å². The lowest BCUT2D eigenvalue weighted by molar-refractivity contribution is -0.123. The highest BCUT2D eigenvalue weighted by Crippen LogP contribution is 2.18. The molecule has 3 N–H and O–H groups in total. The molecule has 0 spiro atoms. The number of unbranched alkanes of at least 4 members (excludes halogenated alkanes) is 45. The summed E-state index contributed by atoms with van der Waals surface area (Å²) in [5.74, 6) is -0.0570. The molecule has 0 aliphatic rings. The second-order valence-electron chi connectivity index (χ2n) is 20.1. The SMILES string of the molecule is CCCCCCCCCC/C=C\CCCCCCCCCCCCCCCCCCCCCC(=O)NC(CO)C(O)/C=C/CCCCCCCCCCCCCCCCCCCC. The summed E-state index contributed by atoms with van der Waals surface area (Å²) in [6.07, 6.45) is 73.5. The zero-order chi connectivity index (χ0) is 45.6. The molecule has 4 nitrogen and oxygen atoms in total. The van der Waals surface area contributed by atoms with Crippen LogP contribution in [0, 0.1) is 0 Å². The Morgan fingerprint density at radius 1 is 0.365 bits per heavy atom. The van der Waals surface area contributed by atoms with Crippen LogP contribution < -0.4 is 5.32 Å². The number of carbonyl (C=O) groups is 1. The lowest BCUT2D eigenvalue weighted by atomic mass is 10.0. The van der Waals surface area contributed by atoms with Gasteiger partial charge in [0.05, 0.1) is 18.8 Å². The third kappa shape index (κ3) is 51.7. The molecular weight excluding hydrogens is 771 g/mol. The highest BCUT2D eigenvalue weighted by molar-refractivity contribution is 5.76. The zero-order valence-corrected chi connectivity index (χ0v) is 43.1. The average molecular weight is 887 g/mol. The van der Waals surface area contributed by atoms with Gasteiger partial charge in [0.15, 0.2) is 0 Å². The van der Waals surface area contributed by atoms with E-state index in [4.69, 9.17) is 0 Å². The van der Waals surface area contributed by atoms with Gasteiger partial charge in [-0.2, -0.15) is 0 Å². The lowest BCUT2D eigenvalue weighted by Crippen LogP contribution is -2.45. The monoisotopic (exact) mass is 886 g/mol. The largest absolute Gasteiger partial charge is 0.394 e. The van der Waals surface area contributed by atoms with Gasteiger partial charge in [-0.15, -0.1) is 0 Å². The highest BCUT2D eigenvalue weighted by Gasteiger charge is 2.18. The lowest BCUT2D eigenvalue weighted by Gasteiger charge is -2.20. The molecule has 0 saturated carbocycles. The van der Waals surface area contributed by atoms with Crippen molar-refractivity contribution in [2.75, 3.05) is 6.61 Å². The normalized spacial score (nSPS) is 12.9. The molecule has 0 aromatic carbocycles. The van der Waals surface area contributed by atoms with E-state index < -0.39 is 12.1 Å². The van der Waals surface area contributed by atoms with Crippen molar-refractivity contribution in [1.29, 1.82) is 0 Å². The van der Waals surface area contributed by atoms with Crippen LogP contribution in [0.3, 0.4) is 0 Å². The van der Waals surface area contributed by atoms with Crippen LogP contribution in [0.4, 0.5) is 0 Å². The fourth-order valence-corrected chi connectivity index (χ4v) is 9.24. The molecule has 0 rings (SSSR count). The van der Waals surface area contributed by atoms with E-state index in [2.05, 4.69) is 31.3 Å². The van der Waals surface area contributed by atoms with Gasteiger partial charge in [0.1, 0.15) is 0 Å². The van der Waals surface area contributed by atoms with Crippen molar-refractivity contribution in [3.05, 3.63) is 24.3 Å². The number of rotatable bonds is 54. The Morgan fingerprint density at radius 3 is 0.873 bits per heavy atom. The minimum absolute atomic E-state index is 0.0570. The van der Waals surface area contributed by atoms with Crippen LogP contribution in [-0.4, -0.2) is 34.9 Å². The summed E-state index contributed by atoms with van der Waals surface area (Å²) in [5.41, 5.74) is 0. The minimum atomic E-state index is -0.837. The van der Waals surface area contributed by atoms with Gasteiger partial charge in [0.25, 0.3) is 0 Å². The van der Waals surface area contributed by atoms with Crippen molar-refractivity contribution in [2.45, 2.75) is 341 Å². The first-order valence-corrected chi connectivity index (χ1v) is 29.1. The third-order valence-electron chi connectivity index (χ3n) is 13.7. The summed E-state index contributed by atoms with van der Waals surface area (Å²) in [7, 11) is 0. The first-order chi connectivity index (χ1) is 31.2. The van der Waals surface area contributed by atoms with E-state index in [0.29, 0.717) is 6.42 Å². The molecule has 0 aromatic rings. The molecule has 63 heavy (non-hydrogen) atoms. The molecule has 0 fully saturated rings. The number of amides is 1. The number of allylic oxidation sites excluding steroid dienone is 3. The standard InChI is InChI=1S/C59H115NO3/c1-3-5-7-9-11-13-15-17-19-21-23-25-26-27-28-29-30-31-32-33-34-35-37-39-41-43-45-47-49-51-53-55-59(63)60-57(56-61)58(62)54-52-50-48-46-44-42-40-38-36-24-22-20-18-16-14-12-10-8-6-4-2/h21,23,52,54,57-58,61-62H,3-20,22,24-51,53,55-56H2,1-2H3,(H,60,63)/b23-21-,54-52+. The Bertz CT molecular complexity index is 916. The second kappa shape index (κ2) is 55.2. The Hall–Kier alpha value is -1.13.